The summed E-state index contributed by atoms with van der Waals surface area (Å²) in [5.41, 5.74) is 0. The van der Waals surface area contributed by atoms with Crippen molar-refractivity contribution in [3.05, 3.63) is 23.0 Å². The zero-order valence-electron chi connectivity index (χ0n) is 10.9. The molecule has 0 aliphatic rings. The molecular weight excluding hydrogens is 286 g/mol. The molecule has 0 amide bonds. The molecule has 0 saturated carbocycles. The zero-order valence-corrected chi connectivity index (χ0v) is 12.6. The Morgan fingerprint density at radius 3 is 2.74 bits per heavy atom. The van der Waals surface area contributed by atoms with Gasteiger partial charge in [-0.3, -0.25) is 0 Å². The van der Waals surface area contributed by atoms with Crippen molar-refractivity contribution >= 4 is 21.4 Å². The van der Waals surface area contributed by atoms with Gasteiger partial charge in [-0.1, -0.05) is 0 Å². The second-order valence-corrected chi connectivity index (χ2v) is 8.20. The first-order valence-corrected chi connectivity index (χ1v) is 8.34. The Morgan fingerprint density at radius 2 is 2.16 bits per heavy atom. The van der Waals surface area contributed by atoms with E-state index < -0.39 is 14.6 Å². The van der Waals surface area contributed by atoms with Gasteiger partial charge < -0.3 is 0 Å². The van der Waals surface area contributed by atoms with Crippen LogP contribution in [0.2, 0.25) is 0 Å². The fourth-order valence-electron chi connectivity index (χ4n) is 1.33. The minimum atomic E-state index is -3.29. The topological polar surface area (TPSA) is 90.6 Å². The van der Waals surface area contributed by atoms with Crippen molar-refractivity contribution in [2.75, 3.05) is 6.26 Å². The van der Waals surface area contributed by atoms with Crippen molar-refractivity contribution in [2.24, 2.45) is 0 Å². The highest BCUT2D eigenvalue weighted by Gasteiger charge is 2.36. The molecule has 0 spiro atoms. The smallest absolute Gasteiger partial charge is 0.195 e. The standard InChI is InChI=1S/C10H15N5O2S2/c1-10(2,19(3,16)17)9-12-14-15(13-9)7-5-8-4-6-11-18-8/h4,6H,5,7H2,1-3H3. The fourth-order valence-corrected chi connectivity index (χ4v) is 2.30. The average molecular weight is 301 g/mol. The Balaban J connectivity index is 2.11. The number of tetrazole rings is 1. The number of aryl methyl sites for hydroxylation is 2. The first kappa shape index (κ1) is 14.1. The SMILES string of the molecule is CC(C)(c1nnn(CCc2ccns2)n1)S(C)(=O)=O. The lowest BCUT2D eigenvalue weighted by Crippen LogP contribution is -2.29. The summed E-state index contributed by atoms with van der Waals surface area (Å²) in [5, 5.41) is 11.9. The molecule has 0 aromatic carbocycles. The Kier molecular flexibility index (Phi) is 3.68. The number of rotatable bonds is 5. The maximum Gasteiger partial charge on any atom is 0.195 e. The van der Waals surface area contributed by atoms with E-state index in [9.17, 15) is 8.42 Å². The number of nitrogens with zero attached hydrogens (tertiary/aromatic N) is 5. The lowest BCUT2D eigenvalue weighted by molar-refractivity contribution is 0.515. The van der Waals surface area contributed by atoms with Crippen LogP contribution in [0.3, 0.4) is 0 Å². The van der Waals surface area contributed by atoms with Gasteiger partial charge >= 0.3 is 0 Å². The van der Waals surface area contributed by atoms with Crippen molar-refractivity contribution in [1.29, 1.82) is 0 Å². The third kappa shape index (κ3) is 2.98. The third-order valence-electron chi connectivity index (χ3n) is 2.97. The van der Waals surface area contributed by atoms with Gasteiger partial charge in [0, 0.05) is 23.8 Å². The van der Waals surface area contributed by atoms with Gasteiger partial charge in [-0.05, 0) is 36.7 Å². The maximum absolute atomic E-state index is 11.7. The number of aromatic nitrogens is 5. The van der Waals surface area contributed by atoms with Gasteiger partial charge in [0.2, 0.25) is 0 Å². The van der Waals surface area contributed by atoms with E-state index in [0.717, 1.165) is 11.3 Å². The van der Waals surface area contributed by atoms with Gasteiger partial charge in [0.05, 0.1) is 6.54 Å². The first-order valence-electron chi connectivity index (χ1n) is 5.68. The van der Waals surface area contributed by atoms with E-state index in [2.05, 4.69) is 19.8 Å². The summed E-state index contributed by atoms with van der Waals surface area (Å²) in [7, 11) is -3.29. The summed E-state index contributed by atoms with van der Waals surface area (Å²) in [5.74, 6) is 0.222. The normalized spacial score (nSPS) is 12.8. The van der Waals surface area contributed by atoms with Crippen molar-refractivity contribution < 1.29 is 8.42 Å². The Morgan fingerprint density at radius 1 is 1.42 bits per heavy atom. The zero-order chi connectivity index (χ0) is 14.1. The van der Waals surface area contributed by atoms with Crippen molar-refractivity contribution in [2.45, 2.75) is 31.6 Å². The molecule has 9 heteroatoms. The summed E-state index contributed by atoms with van der Waals surface area (Å²) < 4.78 is 26.2. The van der Waals surface area contributed by atoms with Crippen LogP contribution in [-0.4, -0.2) is 39.3 Å². The molecule has 0 atom stereocenters. The first-order chi connectivity index (χ1) is 8.80. The fraction of sp³-hybridized carbons (Fsp3) is 0.600. The van der Waals surface area contributed by atoms with E-state index in [-0.39, 0.29) is 5.82 Å². The predicted octanol–water partition coefficient (Wildman–Crippen LogP) is 0.652. The highest BCUT2D eigenvalue weighted by molar-refractivity contribution is 7.91. The maximum atomic E-state index is 11.7. The summed E-state index contributed by atoms with van der Waals surface area (Å²) >= 11 is 1.42. The van der Waals surface area contributed by atoms with Gasteiger partial charge in [0.1, 0.15) is 4.75 Å². The second-order valence-electron chi connectivity index (χ2n) is 4.72. The summed E-state index contributed by atoms with van der Waals surface area (Å²) in [6.07, 6.45) is 3.66. The molecule has 0 saturated heterocycles. The minimum Gasteiger partial charge on any atom is -0.228 e. The van der Waals surface area contributed by atoms with Crippen molar-refractivity contribution in [3.8, 4) is 0 Å². The molecule has 0 N–H and O–H groups in total. The molecule has 0 bridgehead atoms. The number of hydrogen-bond acceptors (Lipinski definition) is 7. The highest BCUT2D eigenvalue weighted by atomic mass is 32.2. The Bertz CT molecular complexity index is 645. The quantitative estimate of drug-likeness (QED) is 0.805. The summed E-state index contributed by atoms with van der Waals surface area (Å²) in [4.78, 5) is 2.54. The van der Waals surface area contributed by atoms with Crippen LogP contribution in [0.25, 0.3) is 0 Å². The van der Waals surface area contributed by atoms with E-state index in [1.807, 2.05) is 6.07 Å². The van der Waals surface area contributed by atoms with E-state index in [1.54, 1.807) is 20.0 Å². The van der Waals surface area contributed by atoms with E-state index >= 15 is 0 Å². The lowest BCUT2D eigenvalue weighted by Gasteiger charge is -2.17. The van der Waals surface area contributed by atoms with Crippen molar-refractivity contribution in [3.63, 3.8) is 0 Å². The van der Waals surface area contributed by atoms with Crippen LogP contribution < -0.4 is 0 Å². The molecule has 2 aromatic rings. The van der Waals surface area contributed by atoms with Gasteiger partial charge in [0.25, 0.3) is 0 Å². The summed E-state index contributed by atoms with van der Waals surface area (Å²) in [6.45, 7) is 3.70. The van der Waals surface area contributed by atoms with Gasteiger partial charge in [-0.25, -0.2) is 12.8 Å². The molecule has 7 nitrogen and oxygen atoms in total. The Hall–Kier alpha value is -1.35. The van der Waals surface area contributed by atoms with E-state index in [4.69, 9.17) is 0 Å². The van der Waals surface area contributed by atoms with Crippen LogP contribution in [0.5, 0.6) is 0 Å². The lowest BCUT2D eigenvalue weighted by atomic mass is 10.2. The van der Waals surface area contributed by atoms with Crippen LogP contribution in [0.15, 0.2) is 12.3 Å². The van der Waals surface area contributed by atoms with Crippen LogP contribution >= 0.6 is 11.5 Å². The number of sulfone groups is 1. The molecule has 0 radical (unpaired) electrons. The summed E-state index contributed by atoms with van der Waals surface area (Å²) in [6, 6.07) is 1.93. The van der Waals surface area contributed by atoms with Crippen LogP contribution in [0, 0.1) is 0 Å². The molecular formula is C10H15N5O2S2. The van der Waals surface area contributed by atoms with Crippen LogP contribution in [0.1, 0.15) is 24.5 Å². The van der Waals surface area contributed by atoms with E-state index in [1.165, 1.54) is 22.6 Å². The molecule has 2 aromatic heterocycles. The molecule has 2 rings (SSSR count). The van der Waals surface area contributed by atoms with E-state index in [0.29, 0.717) is 6.54 Å². The number of hydrogen-bond donors (Lipinski definition) is 0. The monoisotopic (exact) mass is 301 g/mol. The predicted molar refractivity (Wildman–Crippen MR) is 71.5 cm³/mol. The molecule has 0 unspecified atom stereocenters. The van der Waals surface area contributed by atoms with Gasteiger partial charge in [-0.2, -0.15) is 4.80 Å². The van der Waals surface area contributed by atoms with Crippen LogP contribution in [0.4, 0.5) is 0 Å². The average Bonchev–Trinajstić information content (AvgIpc) is 2.96. The van der Waals surface area contributed by atoms with Crippen molar-refractivity contribution in [1.82, 2.24) is 24.6 Å². The van der Waals surface area contributed by atoms with Crippen LogP contribution in [-0.2, 0) is 27.5 Å². The third-order valence-corrected chi connectivity index (χ3v) is 5.81. The van der Waals surface area contributed by atoms with Gasteiger partial charge in [0.15, 0.2) is 15.7 Å². The molecule has 0 aliphatic carbocycles. The minimum absolute atomic E-state index is 0.222. The second kappa shape index (κ2) is 4.97. The van der Waals surface area contributed by atoms with Gasteiger partial charge in [-0.15, -0.1) is 10.2 Å². The molecule has 0 aliphatic heterocycles. The molecule has 19 heavy (non-hydrogen) atoms. The molecule has 104 valence electrons. The molecule has 0 fully saturated rings. The Labute approximate surface area is 115 Å². The largest absolute Gasteiger partial charge is 0.228 e. The molecule has 2 heterocycles. The highest BCUT2D eigenvalue weighted by Crippen LogP contribution is 2.24.